The molecule has 0 saturated heterocycles. The summed E-state index contributed by atoms with van der Waals surface area (Å²) in [7, 11) is 0. The fourth-order valence-corrected chi connectivity index (χ4v) is 1.67. The highest BCUT2D eigenvalue weighted by Crippen LogP contribution is 2.34. The molecular formula is C9H7BrCl2O3. The predicted octanol–water partition coefficient (Wildman–Crippen LogP) is 3.61. The molecule has 0 heterocycles. The molecule has 1 atom stereocenters. The van der Waals surface area contributed by atoms with Gasteiger partial charge in [0.05, 0.1) is 10.0 Å². The van der Waals surface area contributed by atoms with Crippen molar-refractivity contribution in [2.24, 2.45) is 0 Å². The summed E-state index contributed by atoms with van der Waals surface area (Å²) in [6.07, 6.45) is -0.972. The highest BCUT2D eigenvalue weighted by atomic mass is 79.9. The molecule has 0 aliphatic carbocycles. The van der Waals surface area contributed by atoms with Crippen molar-refractivity contribution in [1.82, 2.24) is 0 Å². The van der Waals surface area contributed by atoms with Gasteiger partial charge >= 0.3 is 5.97 Å². The number of halogens is 3. The van der Waals surface area contributed by atoms with Crippen molar-refractivity contribution in [1.29, 1.82) is 0 Å². The average molecular weight is 314 g/mol. The zero-order valence-electron chi connectivity index (χ0n) is 7.63. The highest BCUT2D eigenvalue weighted by molar-refractivity contribution is 9.10. The number of carboxylic acid groups (broad SMARTS) is 1. The summed E-state index contributed by atoms with van der Waals surface area (Å²) in [5, 5.41) is 9.36. The smallest absolute Gasteiger partial charge is 0.344 e. The van der Waals surface area contributed by atoms with Crippen LogP contribution in [0.15, 0.2) is 16.6 Å². The Morgan fingerprint density at radius 3 is 2.60 bits per heavy atom. The molecule has 0 saturated carbocycles. The summed E-state index contributed by atoms with van der Waals surface area (Å²) >= 11 is 14.8. The largest absolute Gasteiger partial charge is 0.479 e. The second kappa shape index (κ2) is 5.05. The Morgan fingerprint density at radius 2 is 2.07 bits per heavy atom. The van der Waals surface area contributed by atoms with Crippen molar-refractivity contribution in [3.05, 3.63) is 26.7 Å². The van der Waals surface area contributed by atoms with Crippen molar-refractivity contribution in [3.63, 3.8) is 0 Å². The van der Waals surface area contributed by atoms with Crippen LogP contribution in [0.25, 0.3) is 0 Å². The minimum absolute atomic E-state index is 0.250. The van der Waals surface area contributed by atoms with Crippen LogP contribution in [-0.4, -0.2) is 17.2 Å². The van der Waals surface area contributed by atoms with Crippen LogP contribution < -0.4 is 4.74 Å². The topological polar surface area (TPSA) is 46.5 Å². The van der Waals surface area contributed by atoms with E-state index in [4.69, 9.17) is 33.0 Å². The highest BCUT2D eigenvalue weighted by Gasteiger charge is 2.15. The monoisotopic (exact) mass is 312 g/mol. The summed E-state index contributed by atoms with van der Waals surface area (Å²) < 4.78 is 5.73. The van der Waals surface area contributed by atoms with Crippen LogP contribution in [0.4, 0.5) is 0 Å². The maximum absolute atomic E-state index is 10.6. The van der Waals surface area contributed by atoms with Gasteiger partial charge in [-0.15, -0.1) is 0 Å². The summed E-state index contributed by atoms with van der Waals surface area (Å²) in [4.78, 5) is 10.6. The van der Waals surface area contributed by atoms with Gasteiger partial charge in [0.15, 0.2) is 6.10 Å². The minimum atomic E-state index is -1.06. The molecule has 3 nitrogen and oxygen atoms in total. The third kappa shape index (κ3) is 3.26. The molecule has 1 aromatic carbocycles. The van der Waals surface area contributed by atoms with Gasteiger partial charge in [0, 0.05) is 10.5 Å². The number of hydrogen-bond donors (Lipinski definition) is 1. The first kappa shape index (κ1) is 12.6. The van der Waals surface area contributed by atoms with Crippen LogP contribution in [0.5, 0.6) is 5.75 Å². The number of benzene rings is 1. The Morgan fingerprint density at radius 1 is 1.47 bits per heavy atom. The quantitative estimate of drug-likeness (QED) is 0.867. The zero-order chi connectivity index (χ0) is 11.6. The van der Waals surface area contributed by atoms with Crippen molar-refractivity contribution in [3.8, 4) is 5.75 Å². The minimum Gasteiger partial charge on any atom is -0.479 e. The predicted molar refractivity (Wildman–Crippen MR) is 61.9 cm³/mol. The van der Waals surface area contributed by atoms with Gasteiger partial charge in [-0.05, 0) is 28.9 Å². The Bertz CT molecular complexity index is 395. The molecule has 0 bridgehead atoms. The van der Waals surface area contributed by atoms with Gasteiger partial charge < -0.3 is 9.84 Å². The lowest BCUT2D eigenvalue weighted by Crippen LogP contribution is -2.23. The molecule has 0 fully saturated rings. The summed E-state index contributed by atoms with van der Waals surface area (Å²) in [5.74, 6) is -0.815. The van der Waals surface area contributed by atoms with Gasteiger partial charge in [-0.3, -0.25) is 0 Å². The van der Waals surface area contributed by atoms with E-state index in [0.717, 1.165) is 0 Å². The fraction of sp³-hybridized carbons (Fsp3) is 0.222. The van der Waals surface area contributed by atoms with Gasteiger partial charge in [-0.2, -0.15) is 0 Å². The van der Waals surface area contributed by atoms with E-state index in [1.807, 2.05) is 0 Å². The lowest BCUT2D eigenvalue weighted by molar-refractivity contribution is -0.144. The fourth-order valence-electron chi connectivity index (χ4n) is 0.835. The van der Waals surface area contributed by atoms with E-state index in [9.17, 15) is 4.79 Å². The summed E-state index contributed by atoms with van der Waals surface area (Å²) in [5.41, 5.74) is 0. The SMILES string of the molecule is C[C@H](Oc1cc(Cl)c(Br)cc1Cl)C(=O)O. The average Bonchev–Trinajstić information content (AvgIpc) is 2.13. The number of carboxylic acids is 1. The van der Waals surface area contributed by atoms with E-state index in [1.165, 1.54) is 13.0 Å². The third-order valence-electron chi connectivity index (χ3n) is 1.63. The van der Waals surface area contributed by atoms with Gasteiger partial charge in [-0.1, -0.05) is 23.2 Å². The molecule has 15 heavy (non-hydrogen) atoms. The van der Waals surface area contributed by atoms with Gasteiger partial charge in [0.25, 0.3) is 0 Å². The number of aliphatic carboxylic acids is 1. The van der Waals surface area contributed by atoms with Crippen LogP contribution in [0.1, 0.15) is 6.92 Å². The molecule has 82 valence electrons. The van der Waals surface area contributed by atoms with Crippen LogP contribution in [0.3, 0.4) is 0 Å². The number of ether oxygens (including phenoxy) is 1. The maximum Gasteiger partial charge on any atom is 0.344 e. The standard InChI is InChI=1S/C9H7BrCl2O3/c1-4(9(13)14)15-8-3-6(11)5(10)2-7(8)12/h2-4H,1H3,(H,13,14)/t4-/m0/s1. The van der Waals surface area contributed by atoms with Crippen LogP contribution >= 0.6 is 39.1 Å². The molecule has 1 aromatic rings. The van der Waals surface area contributed by atoms with Crippen molar-refractivity contribution in [2.45, 2.75) is 13.0 Å². The molecule has 0 amide bonds. The molecule has 1 N–H and O–H groups in total. The first-order chi connectivity index (χ1) is 6.91. The first-order valence-corrected chi connectivity index (χ1v) is 5.50. The third-order valence-corrected chi connectivity index (χ3v) is 3.12. The molecule has 0 aliphatic heterocycles. The van der Waals surface area contributed by atoms with Gasteiger partial charge in [0.2, 0.25) is 0 Å². The van der Waals surface area contributed by atoms with E-state index in [2.05, 4.69) is 15.9 Å². The Hall–Kier alpha value is -0.450. The van der Waals surface area contributed by atoms with Gasteiger partial charge in [-0.25, -0.2) is 4.79 Å². The lowest BCUT2D eigenvalue weighted by atomic mass is 10.3. The van der Waals surface area contributed by atoms with Crippen LogP contribution in [0.2, 0.25) is 10.0 Å². The van der Waals surface area contributed by atoms with Gasteiger partial charge in [0.1, 0.15) is 5.75 Å². The lowest BCUT2D eigenvalue weighted by Gasteiger charge is -2.12. The number of rotatable bonds is 3. The molecule has 0 spiro atoms. The van der Waals surface area contributed by atoms with Crippen molar-refractivity contribution < 1.29 is 14.6 Å². The van der Waals surface area contributed by atoms with Crippen molar-refractivity contribution in [2.75, 3.05) is 0 Å². The van der Waals surface area contributed by atoms with Crippen molar-refractivity contribution >= 4 is 45.1 Å². The summed E-state index contributed by atoms with van der Waals surface area (Å²) in [6, 6.07) is 3.02. The van der Waals surface area contributed by atoms with E-state index < -0.39 is 12.1 Å². The molecular weight excluding hydrogens is 307 g/mol. The molecule has 0 unspecified atom stereocenters. The zero-order valence-corrected chi connectivity index (χ0v) is 10.7. The molecule has 0 aliphatic rings. The van der Waals surface area contributed by atoms with E-state index in [1.54, 1.807) is 6.07 Å². The molecule has 0 aromatic heterocycles. The number of hydrogen-bond acceptors (Lipinski definition) is 2. The van der Waals surface area contributed by atoms with E-state index in [0.29, 0.717) is 14.5 Å². The Balaban J connectivity index is 2.95. The second-order valence-corrected chi connectivity index (χ2v) is 4.46. The van der Waals surface area contributed by atoms with Crippen LogP contribution in [0, 0.1) is 0 Å². The Kier molecular flexibility index (Phi) is 4.25. The second-order valence-electron chi connectivity index (χ2n) is 2.80. The van der Waals surface area contributed by atoms with E-state index >= 15 is 0 Å². The van der Waals surface area contributed by atoms with E-state index in [-0.39, 0.29) is 5.75 Å². The molecule has 0 radical (unpaired) electrons. The van der Waals surface area contributed by atoms with Crippen LogP contribution in [-0.2, 0) is 4.79 Å². The summed E-state index contributed by atoms with van der Waals surface area (Å²) in [6.45, 7) is 1.41. The number of carbonyl (C=O) groups is 1. The maximum atomic E-state index is 10.6. The Labute approximate surface area is 105 Å². The first-order valence-electron chi connectivity index (χ1n) is 3.96. The normalized spacial score (nSPS) is 12.3. The molecule has 1 rings (SSSR count). The molecule has 6 heteroatoms.